The number of nitrogens with one attached hydrogen (secondary N) is 2. The van der Waals surface area contributed by atoms with Crippen molar-refractivity contribution in [1.29, 1.82) is 0 Å². The van der Waals surface area contributed by atoms with Crippen molar-refractivity contribution >= 4 is 27.5 Å². The summed E-state index contributed by atoms with van der Waals surface area (Å²) >= 11 is 0. The van der Waals surface area contributed by atoms with E-state index in [1.807, 2.05) is 0 Å². The van der Waals surface area contributed by atoms with Gasteiger partial charge < -0.3 is 10.6 Å². The summed E-state index contributed by atoms with van der Waals surface area (Å²) in [4.78, 5) is 23.7. The number of terminal acetylenes is 1. The van der Waals surface area contributed by atoms with Crippen molar-refractivity contribution in [3.63, 3.8) is 0 Å². The summed E-state index contributed by atoms with van der Waals surface area (Å²) in [6, 6.07) is 5.99. The van der Waals surface area contributed by atoms with Gasteiger partial charge in [0, 0.05) is 44.5 Å². The van der Waals surface area contributed by atoms with Gasteiger partial charge in [-0.05, 0) is 18.2 Å². The fourth-order valence-electron chi connectivity index (χ4n) is 2.91. The lowest BCUT2D eigenvalue weighted by Crippen LogP contribution is -2.49. The summed E-state index contributed by atoms with van der Waals surface area (Å²) in [6.07, 6.45) is 7.06. The second kappa shape index (κ2) is 8.08. The molecule has 9 nitrogen and oxygen atoms in total. The highest BCUT2D eigenvalue weighted by Crippen LogP contribution is 2.37. The molecule has 1 aromatic rings. The topological polar surface area (TPSA) is 120 Å². The Morgan fingerprint density at radius 1 is 1.36 bits per heavy atom. The van der Waals surface area contributed by atoms with E-state index in [-0.39, 0.29) is 42.8 Å². The molecule has 0 aliphatic carbocycles. The number of carbonyl (C=O) groups excluding carboxylic acids is 2. The molecule has 2 aliphatic rings. The lowest BCUT2D eigenvalue weighted by atomic mass is 10.0. The van der Waals surface area contributed by atoms with Crippen LogP contribution in [0.25, 0.3) is 0 Å². The highest BCUT2D eigenvalue weighted by Gasteiger charge is 2.39. The normalized spacial score (nSPS) is 18.2. The average Bonchev–Trinajstić information content (AvgIpc) is 3.45. The first-order valence-electron chi connectivity index (χ1n) is 8.89. The minimum absolute atomic E-state index is 0.0256. The Hall–Kier alpha value is -2.77. The molecule has 0 saturated carbocycles. The number of piperazine rings is 1. The second-order valence-corrected chi connectivity index (χ2v) is 8.59. The van der Waals surface area contributed by atoms with Gasteiger partial charge in [-0.1, -0.05) is 6.07 Å². The number of hydrogen-bond donors (Lipinski definition) is 2. The standard InChI is InChI=1S/C18H21N5O4S/c1-2-3-8-18(21-22-18)9-7-16(24)20-14-5-4-6-15(12-14)28(26,27)23-11-10-19-17(25)13-23/h1,4-6,12H,3,7-11,13H2,(H,19,25)(H,20,24). The number of benzene rings is 1. The molecule has 148 valence electrons. The van der Waals surface area contributed by atoms with E-state index in [1.54, 1.807) is 12.1 Å². The maximum Gasteiger partial charge on any atom is 0.243 e. The molecule has 0 unspecified atom stereocenters. The van der Waals surface area contributed by atoms with Crippen LogP contribution in [0.4, 0.5) is 5.69 Å². The molecule has 2 amide bonds. The molecule has 0 spiro atoms. The Bertz CT molecular complexity index is 945. The quantitative estimate of drug-likeness (QED) is 0.632. The van der Waals surface area contributed by atoms with Crippen LogP contribution in [0.5, 0.6) is 0 Å². The van der Waals surface area contributed by atoms with Crippen LogP contribution in [0.1, 0.15) is 25.7 Å². The van der Waals surface area contributed by atoms with Crippen LogP contribution >= 0.6 is 0 Å². The van der Waals surface area contributed by atoms with Gasteiger partial charge in [0.15, 0.2) is 5.66 Å². The minimum Gasteiger partial charge on any atom is -0.354 e. The first-order chi connectivity index (χ1) is 13.3. The van der Waals surface area contributed by atoms with Gasteiger partial charge in [0.05, 0.1) is 11.4 Å². The Morgan fingerprint density at radius 2 is 2.14 bits per heavy atom. The van der Waals surface area contributed by atoms with E-state index in [1.165, 1.54) is 12.1 Å². The minimum atomic E-state index is -3.82. The largest absolute Gasteiger partial charge is 0.354 e. The molecule has 2 N–H and O–H groups in total. The Labute approximate surface area is 163 Å². The zero-order valence-corrected chi connectivity index (χ0v) is 16.0. The first-order valence-corrected chi connectivity index (χ1v) is 10.3. The molecule has 0 bridgehead atoms. The summed E-state index contributed by atoms with van der Waals surface area (Å²) < 4.78 is 26.6. The third-order valence-corrected chi connectivity index (χ3v) is 6.41. The second-order valence-electron chi connectivity index (χ2n) is 6.65. The third-order valence-electron chi connectivity index (χ3n) is 4.56. The summed E-state index contributed by atoms with van der Waals surface area (Å²) in [5.74, 6) is 1.94. The van der Waals surface area contributed by atoms with Crippen LogP contribution in [0.15, 0.2) is 39.4 Å². The monoisotopic (exact) mass is 403 g/mol. The van der Waals surface area contributed by atoms with Gasteiger partial charge in [0.25, 0.3) is 0 Å². The van der Waals surface area contributed by atoms with Crippen LogP contribution in [-0.2, 0) is 19.6 Å². The average molecular weight is 403 g/mol. The van der Waals surface area contributed by atoms with Crippen molar-refractivity contribution in [2.75, 3.05) is 25.0 Å². The fraction of sp³-hybridized carbons (Fsp3) is 0.444. The molecule has 2 heterocycles. The molecule has 2 aliphatic heterocycles. The van der Waals surface area contributed by atoms with Gasteiger partial charge in [0.1, 0.15) is 0 Å². The summed E-state index contributed by atoms with van der Waals surface area (Å²) in [5, 5.41) is 13.3. The van der Waals surface area contributed by atoms with Crippen molar-refractivity contribution in [3.05, 3.63) is 24.3 Å². The molecular weight excluding hydrogens is 382 g/mol. The number of amides is 2. The van der Waals surface area contributed by atoms with E-state index in [0.717, 1.165) is 4.31 Å². The van der Waals surface area contributed by atoms with Crippen molar-refractivity contribution in [3.8, 4) is 12.3 Å². The number of carbonyl (C=O) groups is 2. The van der Waals surface area contributed by atoms with Crippen LogP contribution in [0.2, 0.25) is 0 Å². The van der Waals surface area contributed by atoms with Crippen molar-refractivity contribution in [1.82, 2.24) is 9.62 Å². The molecule has 28 heavy (non-hydrogen) atoms. The van der Waals surface area contributed by atoms with E-state index in [4.69, 9.17) is 6.42 Å². The molecular formula is C18H21N5O4S. The van der Waals surface area contributed by atoms with Gasteiger partial charge in [-0.3, -0.25) is 9.59 Å². The molecule has 10 heteroatoms. The van der Waals surface area contributed by atoms with Gasteiger partial charge in [0.2, 0.25) is 21.8 Å². The van der Waals surface area contributed by atoms with Gasteiger partial charge in [-0.15, -0.1) is 12.3 Å². The van der Waals surface area contributed by atoms with E-state index in [2.05, 4.69) is 26.8 Å². The smallest absolute Gasteiger partial charge is 0.243 e. The van der Waals surface area contributed by atoms with Gasteiger partial charge in [-0.2, -0.15) is 14.5 Å². The van der Waals surface area contributed by atoms with E-state index >= 15 is 0 Å². The maximum absolute atomic E-state index is 12.7. The van der Waals surface area contributed by atoms with Crippen LogP contribution in [0, 0.1) is 12.3 Å². The van der Waals surface area contributed by atoms with Gasteiger partial charge in [-0.25, -0.2) is 8.42 Å². The molecule has 3 rings (SSSR count). The molecule has 1 fully saturated rings. The summed E-state index contributed by atoms with van der Waals surface area (Å²) in [7, 11) is -3.82. The molecule has 1 aromatic carbocycles. The van der Waals surface area contributed by atoms with Gasteiger partial charge >= 0.3 is 0 Å². The lowest BCUT2D eigenvalue weighted by molar-refractivity contribution is -0.122. The molecule has 0 radical (unpaired) electrons. The highest BCUT2D eigenvalue weighted by atomic mass is 32.2. The number of nitrogens with zero attached hydrogens (tertiary/aromatic N) is 3. The van der Waals surface area contributed by atoms with Crippen molar-refractivity contribution in [2.45, 2.75) is 36.2 Å². The van der Waals surface area contributed by atoms with E-state index in [9.17, 15) is 18.0 Å². The fourth-order valence-corrected chi connectivity index (χ4v) is 4.35. The van der Waals surface area contributed by atoms with Crippen molar-refractivity contribution in [2.24, 2.45) is 10.2 Å². The lowest BCUT2D eigenvalue weighted by Gasteiger charge is -2.26. The molecule has 0 atom stereocenters. The number of sulfonamides is 1. The molecule has 1 saturated heterocycles. The Balaban J connectivity index is 1.61. The number of anilines is 1. The van der Waals surface area contributed by atoms with Crippen LogP contribution in [-0.4, -0.2) is 49.8 Å². The third kappa shape index (κ3) is 4.74. The maximum atomic E-state index is 12.7. The number of hydrogen-bond acceptors (Lipinski definition) is 6. The van der Waals surface area contributed by atoms with Crippen LogP contribution in [0.3, 0.4) is 0 Å². The van der Waals surface area contributed by atoms with Crippen LogP contribution < -0.4 is 10.6 Å². The molecule has 0 aromatic heterocycles. The Morgan fingerprint density at radius 3 is 2.82 bits per heavy atom. The summed E-state index contributed by atoms with van der Waals surface area (Å²) in [6.45, 7) is 0.259. The predicted molar refractivity (Wildman–Crippen MR) is 102 cm³/mol. The first kappa shape index (κ1) is 20.0. The van der Waals surface area contributed by atoms with E-state index in [0.29, 0.717) is 24.9 Å². The highest BCUT2D eigenvalue weighted by molar-refractivity contribution is 7.89. The Kier molecular flexibility index (Phi) is 5.76. The SMILES string of the molecule is C#CCCC1(CCC(=O)Nc2cccc(S(=O)(=O)N3CCNC(=O)C3)c2)N=N1. The zero-order valence-electron chi connectivity index (χ0n) is 15.2. The predicted octanol–water partition coefficient (Wildman–Crippen LogP) is 1.10. The number of rotatable bonds is 8. The van der Waals surface area contributed by atoms with E-state index < -0.39 is 15.7 Å². The zero-order chi connectivity index (χ0) is 20.2. The summed E-state index contributed by atoms with van der Waals surface area (Å²) in [5.41, 5.74) is -0.168. The van der Waals surface area contributed by atoms with Crippen molar-refractivity contribution < 1.29 is 18.0 Å².